The number of urea groups is 1. The van der Waals surface area contributed by atoms with Gasteiger partial charge in [-0.25, -0.2) is 4.79 Å². The largest absolute Gasteiger partial charge is 0.481 e. The van der Waals surface area contributed by atoms with E-state index in [1.807, 2.05) is 6.92 Å². The van der Waals surface area contributed by atoms with Gasteiger partial charge >= 0.3 is 18.0 Å². The second kappa shape index (κ2) is 6.40. The molecule has 0 aromatic heterocycles. The summed E-state index contributed by atoms with van der Waals surface area (Å²) >= 11 is 0. The van der Waals surface area contributed by atoms with Gasteiger partial charge in [-0.1, -0.05) is 6.92 Å². The summed E-state index contributed by atoms with van der Waals surface area (Å²) < 4.78 is 4.46. The monoisotopic (exact) mass is 272 g/mol. The Kier molecular flexibility index (Phi) is 5.14. The summed E-state index contributed by atoms with van der Waals surface area (Å²) in [6.45, 7) is 2.63. The minimum Gasteiger partial charge on any atom is -0.481 e. The number of likely N-dealkylation sites (tertiary alicyclic amines) is 1. The average molecular weight is 272 g/mol. The molecule has 1 aliphatic rings. The minimum atomic E-state index is -0.861. The Bertz CT molecular complexity index is 371. The van der Waals surface area contributed by atoms with Crippen molar-refractivity contribution in [2.45, 2.75) is 26.2 Å². The normalized spacial score (nSPS) is 22.1. The van der Waals surface area contributed by atoms with Gasteiger partial charge in [-0.2, -0.15) is 0 Å². The van der Waals surface area contributed by atoms with E-state index in [0.29, 0.717) is 19.4 Å². The lowest BCUT2D eigenvalue weighted by molar-refractivity contribution is -0.148. The van der Waals surface area contributed by atoms with Crippen LogP contribution in [0.2, 0.25) is 0 Å². The number of methoxy groups -OCH3 is 1. The highest BCUT2D eigenvalue weighted by atomic mass is 16.5. The standard InChI is InChI=1S/C12H20N2O5/c1-3-12(10(16)17)5-7-14(8-12)11(18)13-6-4-9(15)19-2/h3-8H2,1-2H3,(H,13,18)(H,16,17). The molecule has 0 aromatic rings. The van der Waals surface area contributed by atoms with E-state index in [0.717, 1.165) is 0 Å². The summed E-state index contributed by atoms with van der Waals surface area (Å²) in [7, 11) is 1.28. The summed E-state index contributed by atoms with van der Waals surface area (Å²) in [6, 6.07) is -0.333. The molecule has 0 spiro atoms. The summed E-state index contributed by atoms with van der Waals surface area (Å²) in [5, 5.41) is 11.8. The number of amides is 2. The molecule has 1 aliphatic heterocycles. The van der Waals surface area contributed by atoms with Crippen molar-refractivity contribution in [3.8, 4) is 0 Å². The highest BCUT2D eigenvalue weighted by molar-refractivity contribution is 5.80. The number of carbonyl (C=O) groups is 3. The topological polar surface area (TPSA) is 95.9 Å². The van der Waals surface area contributed by atoms with Crippen molar-refractivity contribution in [1.29, 1.82) is 0 Å². The van der Waals surface area contributed by atoms with Gasteiger partial charge in [-0.15, -0.1) is 0 Å². The van der Waals surface area contributed by atoms with E-state index in [9.17, 15) is 19.5 Å². The maximum absolute atomic E-state index is 11.8. The molecular formula is C12H20N2O5. The molecule has 7 nitrogen and oxygen atoms in total. The van der Waals surface area contributed by atoms with Crippen LogP contribution in [0.25, 0.3) is 0 Å². The summed E-state index contributed by atoms with van der Waals surface area (Å²) in [5.41, 5.74) is -0.834. The van der Waals surface area contributed by atoms with E-state index < -0.39 is 17.4 Å². The first-order valence-corrected chi connectivity index (χ1v) is 6.28. The van der Waals surface area contributed by atoms with Crippen LogP contribution in [-0.2, 0) is 14.3 Å². The van der Waals surface area contributed by atoms with Gasteiger partial charge in [0.15, 0.2) is 0 Å². The molecule has 1 saturated heterocycles. The number of rotatable bonds is 5. The Hall–Kier alpha value is -1.79. The predicted octanol–water partition coefficient (Wildman–Crippen LogP) is 0.446. The Morgan fingerprint density at radius 2 is 2.11 bits per heavy atom. The number of carboxylic acid groups (broad SMARTS) is 1. The quantitative estimate of drug-likeness (QED) is 0.708. The summed E-state index contributed by atoms with van der Waals surface area (Å²) in [4.78, 5) is 35.4. The van der Waals surface area contributed by atoms with Gasteiger partial charge in [0.1, 0.15) is 0 Å². The molecular weight excluding hydrogens is 252 g/mol. The van der Waals surface area contributed by atoms with Gasteiger partial charge in [0.25, 0.3) is 0 Å². The maximum atomic E-state index is 11.8. The number of hydrogen-bond donors (Lipinski definition) is 2. The fourth-order valence-corrected chi connectivity index (χ4v) is 2.15. The van der Waals surface area contributed by atoms with Crippen LogP contribution in [0.1, 0.15) is 26.2 Å². The third kappa shape index (κ3) is 3.59. The lowest BCUT2D eigenvalue weighted by Gasteiger charge is -2.23. The van der Waals surface area contributed by atoms with Crippen LogP contribution in [0.3, 0.4) is 0 Å². The summed E-state index contributed by atoms with van der Waals surface area (Å²) in [6.07, 6.45) is 1.06. The first-order valence-electron chi connectivity index (χ1n) is 6.28. The fourth-order valence-electron chi connectivity index (χ4n) is 2.15. The molecule has 108 valence electrons. The fraction of sp³-hybridized carbons (Fsp3) is 0.750. The lowest BCUT2D eigenvalue weighted by atomic mass is 9.84. The van der Waals surface area contributed by atoms with Crippen molar-refractivity contribution in [3.05, 3.63) is 0 Å². The molecule has 2 amide bonds. The van der Waals surface area contributed by atoms with Gasteiger partial charge < -0.3 is 20.1 Å². The molecule has 7 heteroatoms. The molecule has 1 heterocycles. The van der Waals surface area contributed by atoms with E-state index in [1.54, 1.807) is 0 Å². The van der Waals surface area contributed by atoms with Crippen LogP contribution >= 0.6 is 0 Å². The smallest absolute Gasteiger partial charge is 0.317 e. The summed E-state index contributed by atoms with van der Waals surface area (Å²) in [5.74, 6) is -1.25. The van der Waals surface area contributed by atoms with Crippen LogP contribution in [0, 0.1) is 5.41 Å². The van der Waals surface area contributed by atoms with Gasteiger partial charge in [0.2, 0.25) is 0 Å². The number of esters is 1. The molecule has 1 rings (SSSR count). The highest BCUT2D eigenvalue weighted by Crippen LogP contribution is 2.34. The number of hydrogen-bond acceptors (Lipinski definition) is 4. The Labute approximate surface area is 111 Å². The number of carboxylic acids is 1. The van der Waals surface area contributed by atoms with Crippen molar-refractivity contribution >= 4 is 18.0 Å². The highest BCUT2D eigenvalue weighted by Gasteiger charge is 2.44. The van der Waals surface area contributed by atoms with Crippen LogP contribution in [0.5, 0.6) is 0 Å². The Balaban J connectivity index is 2.44. The molecule has 0 saturated carbocycles. The Morgan fingerprint density at radius 3 is 2.58 bits per heavy atom. The SMILES string of the molecule is CCC1(C(=O)O)CCN(C(=O)NCCC(=O)OC)C1. The number of nitrogens with zero attached hydrogens (tertiary/aromatic N) is 1. The maximum Gasteiger partial charge on any atom is 0.317 e. The van der Waals surface area contributed by atoms with E-state index in [1.165, 1.54) is 12.0 Å². The molecule has 0 bridgehead atoms. The van der Waals surface area contributed by atoms with Crippen molar-refractivity contribution < 1.29 is 24.2 Å². The predicted molar refractivity (Wildman–Crippen MR) is 66.6 cm³/mol. The van der Waals surface area contributed by atoms with Gasteiger partial charge in [0.05, 0.1) is 18.9 Å². The third-order valence-corrected chi connectivity index (χ3v) is 3.60. The number of ether oxygens (including phenoxy) is 1. The van der Waals surface area contributed by atoms with Gasteiger partial charge in [-0.3, -0.25) is 9.59 Å². The number of aliphatic carboxylic acids is 1. The molecule has 1 fully saturated rings. The molecule has 1 unspecified atom stereocenters. The molecule has 0 aromatic carbocycles. The second-order valence-electron chi connectivity index (χ2n) is 4.67. The van der Waals surface area contributed by atoms with Crippen molar-refractivity contribution in [2.24, 2.45) is 5.41 Å². The average Bonchev–Trinajstić information content (AvgIpc) is 2.84. The van der Waals surface area contributed by atoms with Crippen molar-refractivity contribution in [3.63, 3.8) is 0 Å². The first kappa shape index (κ1) is 15.3. The molecule has 1 atom stereocenters. The Morgan fingerprint density at radius 1 is 1.42 bits per heavy atom. The number of carbonyl (C=O) groups excluding carboxylic acids is 2. The minimum absolute atomic E-state index is 0.105. The van der Waals surface area contributed by atoms with E-state index in [4.69, 9.17) is 0 Å². The molecule has 0 radical (unpaired) electrons. The van der Waals surface area contributed by atoms with Crippen LogP contribution < -0.4 is 5.32 Å². The molecule has 0 aliphatic carbocycles. The first-order chi connectivity index (χ1) is 8.95. The lowest BCUT2D eigenvalue weighted by Crippen LogP contribution is -2.42. The van der Waals surface area contributed by atoms with Crippen molar-refractivity contribution in [1.82, 2.24) is 10.2 Å². The van der Waals surface area contributed by atoms with Gasteiger partial charge in [0, 0.05) is 19.6 Å². The zero-order chi connectivity index (χ0) is 14.5. The number of nitrogens with one attached hydrogen (secondary N) is 1. The second-order valence-corrected chi connectivity index (χ2v) is 4.67. The zero-order valence-electron chi connectivity index (χ0n) is 11.3. The van der Waals surface area contributed by atoms with E-state index in [2.05, 4.69) is 10.1 Å². The molecule has 2 N–H and O–H groups in total. The van der Waals surface area contributed by atoms with Crippen LogP contribution in [0.4, 0.5) is 4.79 Å². The van der Waals surface area contributed by atoms with Crippen molar-refractivity contribution in [2.75, 3.05) is 26.7 Å². The third-order valence-electron chi connectivity index (χ3n) is 3.60. The van der Waals surface area contributed by atoms with Crippen LogP contribution in [-0.4, -0.2) is 54.7 Å². The van der Waals surface area contributed by atoms with Gasteiger partial charge in [-0.05, 0) is 12.8 Å². The zero-order valence-corrected chi connectivity index (χ0v) is 11.3. The van der Waals surface area contributed by atoms with Crippen LogP contribution in [0.15, 0.2) is 0 Å². The van der Waals surface area contributed by atoms with E-state index in [-0.39, 0.29) is 25.5 Å². The van der Waals surface area contributed by atoms with E-state index >= 15 is 0 Å². The molecule has 19 heavy (non-hydrogen) atoms.